The topological polar surface area (TPSA) is 110 Å². The van der Waals surface area contributed by atoms with Crippen molar-refractivity contribution in [1.29, 1.82) is 0 Å². The third-order valence-corrected chi connectivity index (χ3v) is 5.61. The Morgan fingerprint density at radius 2 is 1.79 bits per heavy atom. The average molecular weight is 505 g/mol. The molecule has 0 radical (unpaired) electrons. The van der Waals surface area contributed by atoms with Crippen LogP contribution in [0, 0.1) is 5.82 Å². The lowest BCUT2D eigenvalue weighted by molar-refractivity contribution is -0.274. The van der Waals surface area contributed by atoms with Gasteiger partial charge in [0.15, 0.2) is 0 Å². The molecular weight excluding hydrogens is 492 g/mol. The molecule has 0 saturated heterocycles. The second-order valence-electron chi connectivity index (χ2n) is 6.32. The monoisotopic (exact) mass is 504 g/mol. The molecule has 0 aliphatic heterocycles. The van der Waals surface area contributed by atoms with Crippen LogP contribution >= 0.6 is 11.6 Å². The standard InChI is InChI=1S/C19H13ClF4N4O4S/c20-13-8-11(2-4-15(13)32-19(22,23)24)10-27-17(29)12-3-5-16(14(21)9-12)33(30,31)28-18-25-6-1-7-26-18/h1-9H,10H2,(H,27,29)(H,25,26,28). The number of amides is 1. The average Bonchev–Trinajstić information content (AvgIpc) is 2.73. The number of carbonyl (C=O) groups excluding carboxylic acids is 1. The summed E-state index contributed by atoms with van der Waals surface area (Å²) in [6.45, 7) is -0.153. The predicted molar refractivity (Wildman–Crippen MR) is 109 cm³/mol. The molecular formula is C19H13ClF4N4O4S. The molecule has 1 aromatic heterocycles. The van der Waals surface area contributed by atoms with Crippen molar-refractivity contribution in [1.82, 2.24) is 15.3 Å². The first kappa shape index (κ1) is 24.2. The Morgan fingerprint density at radius 3 is 2.39 bits per heavy atom. The number of nitrogens with one attached hydrogen (secondary N) is 2. The molecule has 174 valence electrons. The highest BCUT2D eigenvalue weighted by Crippen LogP contribution is 2.30. The van der Waals surface area contributed by atoms with E-state index in [4.69, 9.17) is 11.6 Å². The van der Waals surface area contributed by atoms with E-state index in [2.05, 4.69) is 20.0 Å². The number of sulfonamides is 1. The quantitative estimate of drug-likeness (QED) is 0.472. The van der Waals surface area contributed by atoms with E-state index >= 15 is 0 Å². The number of carbonyl (C=O) groups is 1. The van der Waals surface area contributed by atoms with E-state index in [1.165, 1.54) is 24.5 Å². The summed E-state index contributed by atoms with van der Waals surface area (Å²) in [5.74, 6) is -2.82. The first-order valence-electron chi connectivity index (χ1n) is 8.86. The summed E-state index contributed by atoms with van der Waals surface area (Å²) in [6, 6.07) is 7.58. The van der Waals surface area contributed by atoms with Crippen LogP contribution in [0.3, 0.4) is 0 Å². The molecule has 33 heavy (non-hydrogen) atoms. The maximum atomic E-state index is 14.4. The van der Waals surface area contributed by atoms with Crippen molar-refractivity contribution in [3.63, 3.8) is 0 Å². The van der Waals surface area contributed by atoms with E-state index in [1.807, 2.05) is 4.72 Å². The number of alkyl halides is 3. The molecule has 0 bridgehead atoms. The van der Waals surface area contributed by atoms with Gasteiger partial charge < -0.3 is 10.1 Å². The Hall–Kier alpha value is -3.45. The zero-order chi connectivity index (χ0) is 24.2. The number of benzene rings is 2. The van der Waals surface area contributed by atoms with Gasteiger partial charge in [0.2, 0.25) is 5.95 Å². The van der Waals surface area contributed by atoms with Crippen LogP contribution in [0.1, 0.15) is 15.9 Å². The van der Waals surface area contributed by atoms with Crippen LogP contribution in [0.5, 0.6) is 5.75 Å². The first-order chi connectivity index (χ1) is 15.4. The van der Waals surface area contributed by atoms with Crippen molar-refractivity contribution in [3.8, 4) is 5.75 Å². The van der Waals surface area contributed by atoms with Crippen LogP contribution < -0.4 is 14.8 Å². The summed E-state index contributed by atoms with van der Waals surface area (Å²) >= 11 is 5.75. The van der Waals surface area contributed by atoms with Crippen molar-refractivity contribution in [2.45, 2.75) is 17.8 Å². The van der Waals surface area contributed by atoms with Gasteiger partial charge in [-0.05, 0) is 42.0 Å². The Labute approximate surface area is 189 Å². The van der Waals surface area contributed by atoms with Crippen LogP contribution in [-0.4, -0.2) is 30.7 Å². The first-order valence-corrected chi connectivity index (χ1v) is 10.7. The molecule has 8 nitrogen and oxygen atoms in total. The van der Waals surface area contributed by atoms with Gasteiger partial charge in [-0.3, -0.25) is 4.79 Å². The largest absolute Gasteiger partial charge is 0.573 e. The van der Waals surface area contributed by atoms with Crippen LogP contribution in [0.25, 0.3) is 0 Å². The lowest BCUT2D eigenvalue weighted by atomic mass is 10.2. The molecule has 1 heterocycles. The van der Waals surface area contributed by atoms with E-state index in [0.29, 0.717) is 5.56 Å². The lowest BCUT2D eigenvalue weighted by Crippen LogP contribution is -2.23. The number of aromatic nitrogens is 2. The van der Waals surface area contributed by atoms with Crippen molar-refractivity contribution in [2.75, 3.05) is 4.72 Å². The van der Waals surface area contributed by atoms with Crippen molar-refractivity contribution in [2.24, 2.45) is 0 Å². The van der Waals surface area contributed by atoms with Gasteiger partial charge >= 0.3 is 6.36 Å². The Bertz CT molecular complexity index is 1270. The van der Waals surface area contributed by atoms with Crippen molar-refractivity contribution >= 4 is 33.5 Å². The number of ether oxygens (including phenoxy) is 1. The zero-order valence-corrected chi connectivity index (χ0v) is 17.8. The van der Waals surface area contributed by atoms with Gasteiger partial charge in [-0.15, -0.1) is 13.2 Å². The molecule has 0 unspecified atom stereocenters. The van der Waals surface area contributed by atoms with Crippen molar-refractivity contribution < 1.29 is 35.5 Å². The highest BCUT2D eigenvalue weighted by Gasteiger charge is 2.32. The molecule has 0 fully saturated rings. The number of anilines is 1. The minimum Gasteiger partial charge on any atom is -0.404 e. The number of hydrogen-bond acceptors (Lipinski definition) is 6. The minimum atomic E-state index is -4.91. The van der Waals surface area contributed by atoms with Crippen LogP contribution in [-0.2, 0) is 16.6 Å². The second-order valence-corrected chi connectivity index (χ2v) is 8.38. The highest BCUT2D eigenvalue weighted by atomic mass is 35.5. The zero-order valence-electron chi connectivity index (χ0n) is 16.2. The van der Waals surface area contributed by atoms with Gasteiger partial charge in [-0.2, -0.15) is 0 Å². The summed E-state index contributed by atoms with van der Waals surface area (Å²) < 4.78 is 81.7. The fourth-order valence-electron chi connectivity index (χ4n) is 2.53. The van der Waals surface area contributed by atoms with Gasteiger partial charge in [0, 0.05) is 24.5 Å². The molecule has 1 amide bonds. The molecule has 0 aliphatic carbocycles. The van der Waals surface area contributed by atoms with E-state index in [0.717, 1.165) is 30.3 Å². The number of hydrogen-bond donors (Lipinski definition) is 2. The predicted octanol–water partition coefficient (Wildman–Crippen LogP) is 3.90. The van der Waals surface area contributed by atoms with E-state index in [9.17, 15) is 30.8 Å². The van der Waals surface area contributed by atoms with Gasteiger partial charge in [0.1, 0.15) is 16.5 Å². The number of rotatable bonds is 7. The molecule has 0 aliphatic rings. The fourth-order valence-corrected chi connectivity index (χ4v) is 3.79. The van der Waals surface area contributed by atoms with Gasteiger partial charge in [0.25, 0.3) is 15.9 Å². The molecule has 3 aromatic rings. The lowest BCUT2D eigenvalue weighted by Gasteiger charge is -2.12. The molecule has 0 atom stereocenters. The van der Waals surface area contributed by atoms with Gasteiger partial charge in [-0.25, -0.2) is 27.5 Å². The second kappa shape index (κ2) is 9.58. The number of halogens is 5. The van der Waals surface area contributed by atoms with Crippen molar-refractivity contribution in [3.05, 3.63) is 76.8 Å². The maximum Gasteiger partial charge on any atom is 0.573 e. The van der Waals surface area contributed by atoms with E-state index in [1.54, 1.807) is 0 Å². The molecule has 3 rings (SSSR count). The molecule has 14 heteroatoms. The Morgan fingerprint density at radius 1 is 1.09 bits per heavy atom. The molecule has 0 spiro atoms. The smallest absolute Gasteiger partial charge is 0.404 e. The van der Waals surface area contributed by atoms with Crippen LogP contribution in [0.4, 0.5) is 23.5 Å². The third kappa shape index (κ3) is 6.52. The minimum absolute atomic E-state index is 0.153. The van der Waals surface area contributed by atoms with E-state index in [-0.39, 0.29) is 23.1 Å². The summed E-state index contributed by atoms with van der Waals surface area (Å²) in [7, 11) is -4.35. The summed E-state index contributed by atoms with van der Waals surface area (Å²) in [5.41, 5.74) is 0.153. The third-order valence-electron chi connectivity index (χ3n) is 3.95. The maximum absolute atomic E-state index is 14.4. The van der Waals surface area contributed by atoms with Gasteiger partial charge in [0.05, 0.1) is 5.02 Å². The van der Waals surface area contributed by atoms with Crippen LogP contribution in [0.15, 0.2) is 59.8 Å². The Balaban J connectivity index is 1.68. The normalized spacial score (nSPS) is 11.7. The Kier molecular flexibility index (Phi) is 7.03. The summed E-state index contributed by atoms with van der Waals surface area (Å²) in [4.78, 5) is 18.9. The van der Waals surface area contributed by atoms with Crippen LogP contribution in [0.2, 0.25) is 5.02 Å². The molecule has 2 aromatic carbocycles. The molecule has 2 N–H and O–H groups in total. The highest BCUT2D eigenvalue weighted by molar-refractivity contribution is 7.92. The SMILES string of the molecule is O=C(NCc1ccc(OC(F)(F)F)c(Cl)c1)c1ccc(S(=O)(=O)Nc2ncccn2)c(F)c1. The van der Waals surface area contributed by atoms with E-state index < -0.39 is 38.8 Å². The summed E-state index contributed by atoms with van der Waals surface area (Å²) in [5, 5.41) is 2.10. The number of nitrogens with zero attached hydrogens (tertiary/aromatic N) is 2. The fraction of sp³-hybridized carbons (Fsp3) is 0.105. The summed E-state index contributed by atoms with van der Waals surface area (Å²) in [6.07, 6.45) is -2.33. The molecule has 0 saturated carbocycles. The van der Waals surface area contributed by atoms with Gasteiger partial charge in [-0.1, -0.05) is 17.7 Å².